The average Bonchev–Trinajstić information content (AvgIpc) is 2.40. The first-order chi connectivity index (χ1) is 9.40. The Labute approximate surface area is 123 Å². The Morgan fingerprint density at radius 1 is 1.55 bits per heavy atom. The van der Waals surface area contributed by atoms with Gasteiger partial charge in [0, 0.05) is 13.2 Å². The minimum atomic E-state index is -0.641. The van der Waals surface area contributed by atoms with Crippen LogP contribution in [0.1, 0.15) is 27.2 Å². The third kappa shape index (κ3) is 3.93. The third-order valence-corrected chi connectivity index (χ3v) is 2.99. The summed E-state index contributed by atoms with van der Waals surface area (Å²) < 4.78 is 18.4. The molecule has 0 unspecified atom stereocenters. The Kier molecular flexibility index (Phi) is 5.95. The molecule has 0 amide bonds. The van der Waals surface area contributed by atoms with Crippen molar-refractivity contribution in [3.8, 4) is 0 Å². The fourth-order valence-electron chi connectivity index (χ4n) is 1.53. The summed E-state index contributed by atoms with van der Waals surface area (Å²) in [5, 5.41) is -0.276. The lowest BCUT2D eigenvalue weighted by atomic mass is 10.1. The maximum absolute atomic E-state index is 13.3. The second-order valence-corrected chi connectivity index (χ2v) is 4.65. The van der Waals surface area contributed by atoms with Gasteiger partial charge in [0.05, 0.1) is 6.61 Å². The Balaban J connectivity index is 3.35. The second-order valence-electron chi connectivity index (χ2n) is 4.29. The first-order valence-corrected chi connectivity index (χ1v) is 6.71. The molecule has 1 rings (SSSR count). The summed E-state index contributed by atoms with van der Waals surface area (Å²) in [6.45, 7) is 5.83. The van der Waals surface area contributed by atoms with Gasteiger partial charge < -0.3 is 9.64 Å². The van der Waals surface area contributed by atoms with Gasteiger partial charge in [-0.05, 0) is 26.3 Å². The standard InChI is InChI=1S/C14H18ClFN2O2/c1-5-9(3)7-10(14(19)20-6-2)13-17-12(15)11(16)8-18(13)4/h7-8H,5-6H2,1-4H3/b9-7?,13-10+. The summed E-state index contributed by atoms with van der Waals surface area (Å²) in [5.74, 6) is -0.883. The molecule has 20 heavy (non-hydrogen) atoms. The highest BCUT2D eigenvalue weighted by Crippen LogP contribution is 2.24. The van der Waals surface area contributed by atoms with E-state index in [1.165, 1.54) is 11.1 Å². The molecule has 110 valence electrons. The topological polar surface area (TPSA) is 41.9 Å². The molecule has 0 aromatic carbocycles. The smallest absolute Gasteiger partial charge is 0.341 e. The first kappa shape index (κ1) is 16.4. The van der Waals surface area contributed by atoms with Crippen LogP contribution in [0.5, 0.6) is 0 Å². The predicted molar refractivity (Wildman–Crippen MR) is 77.9 cm³/mol. The molecule has 0 aromatic heterocycles. The summed E-state index contributed by atoms with van der Waals surface area (Å²) in [5.41, 5.74) is 1.24. The lowest BCUT2D eigenvalue weighted by Gasteiger charge is -2.21. The van der Waals surface area contributed by atoms with Crippen LogP contribution in [-0.2, 0) is 9.53 Å². The number of hydrogen-bond donors (Lipinski definition) is 0. The summed E-state index contributed by atoms with van der Waals surface area (Å²) in [4.78, 5) is 17.4. The van der Waals surface area contributed by atoms with E-state index in [1.807, 2.05) is 13.8 Å². The third-order valence-electron chi connectivity index (χ3n) is 2.73. The highest BCUT2D eigenvalue weighted by molar-refractivity contribution is 6.69. The lowest BCUT2D eigenvalue weighted by molar-refractivity contribution is -0.138. The van der Waals surface area contributed by atoms with Crippen LogP contribution in [0.2, 0.25) is 0 Å². The molecular formula is C14H18ClFN2O2. The summed E-state index contributed by atoms with van der Waals surface area (Å²) in [6, 6.07) is 0. The molecule has 6 heteroatoms. The number of ether oxygens (including phenoxy) is 1. The lowest BCUT2D eigenvalue weighted by Crippen LogP contribution is -2.21. The van der Waals surface area contributed by atoms with Crippen molar-refractivity contribution in [2.45, 2.75) is 27.2 Å². The quantitative estimate of drug-likeness (QED) is 0.589. The highest BCUT2D eigenvalue weighted by atomic mass is 35.5. The SMILES string of the molecule is CCOC(=O)/C(C=C(C)CC)=C1\N=C(Cl)C(F)=CN1C. The van der Waals surface area contributed by atoms with Gasteiger partial charge in [0.25, 0.3) is 0 Å². The van der Waals surface area contributed by atoms with Crippen molar-refractivity contribution in [1.82, 2.24) is 4.90 Å². The van der Waals surface area contributed by atoms with Gasteiger partial charge in [-0.2, -0.15) is 0 Å². The Morgan fingerprint density at radius 3 is 2.75 bits per heavy atom. The first-order valence-electron chi connectivity index (χ1n) is 6.33. The molecule has 4 nitrogen and oxygen atoms in total. The van der Waals surface area contributed by atoms with Gasteiger partial charge in [-0.1, -0.05) is 24.1 Å². The molecule has 0 bridgehead atoms. The monoisotopic (exact) mass is 300 g/mol. The zero-order chi connectivity index (χ0) is 15.3. The van der Waals surface area contributed by atoms with Crippen molar-refractivity contribution in [1.29, 1.82) is 0 Å². The van der Waals surface area contributed by atoms with Gasteiger partial charge in [0.2, 0.25) is 0 Å². The molecule has 0 radical (unpaired) electrons. The molecule has 0 saturated carbocycles. The van der Waals surface area contributed by atoms with Crippen molar-refractivity contribution in [2.24, 2.45) is 4.99 Å². The van der Waals surface area contributed by atoms with Crippen LogP contribution in [0, 0.1) is 0 Å². The Morgan fingerprint density at radius 2 is 2.20 bits per heavy atom. The molecule has 0 spiro atoms. The summed E-state index contributed by atoms with van der Waals surface area (Å²) in [7, 11) is 1.59. The van der Waals surface area contributed by atoms with E-state index in [9.17, 15) is 9.18 Å². The highest BCUT2D eigenvalue weighted by Gasteiger charge is 2.22. The minimum Gasteiger partial charge on any atom is -0.462 e. The molecule has 0 N–H and O–H groups in total. The van der Waals surface area contributed by atoms with Crippen molar-refractivity contribution in [3.63, 3.8) is 0 Å². The predicted octanol–water partition coefficient (Wildman–Crippen LogP) is 3.51. The average molecular weight is 301 g/mol. The van der Waals surface area contributed by atoms with Crippen LogP contribution in [0.3, 0.4) is 0 Å². The van der Waals surface area contributed by atoms with E-state index in [0.29, 0.717) is 0 Å². The van der Waals surface area contributed by atoms with E-state index in [4.69, 9.17) is 16.3 Å². The van der Waals surface area contributed by atoms with Gasteiger partial charge in [0.1, 0.15) is 11.4 Å². The van der Waals surface area contributed by atoms with Gasteiger partial charge in [0.15, 0.2) is 11.0 Å². The zero-order valence-corrected chi connectivity index (χ0v) is 12.8. The molecule has 1 aliphatic heterocycles. The minimum absolute atomic E-state index is 0.250. The summed E-state index contributed by atoms with van der Waals surface area (Å²) >= 11 is 5.70. The number of esters is 1. The molecular weight excluding hydrogens is 283 g/mol. The van der Waals surface area contributed by atoms with Crippen LogP contribution in [0.4, 0.5) is 4.39 Å². The fraction of sp³-hybridized carbons (Fsp3) is 0.429. The molecule has 1 aliphatic rings. The van der Waals surface area contributed by atoms with Crippen LogP contribution in [0.25, 0.3) is 0 Å². The van der Waals surface area contributed by atoms with Crippen molar-refractivity contribution in [3.05, 3.63) is 35.1 Å². The number of halogens is 2. The number of nitrogens with zero attached hydrogens (tertiary/aromatic N) is 2. The number of carbonyl (C=O) groups excluding carboxylic acids is 1. The van der Waals surface area contributed by atoms with Gasteiger partial charge in [-0.15, -0.1) is 0 Å². The van der Waals surface area contributed by atoms with Crippen molar-refractivity contribution in [2.75, 3.05) is 13.7 Å². The van der Waals surface area contributed by atoms with Crippen molar-refractivity contribution < 1.29 is 13.9 Å². The van der Waals surface area contributed by atoms with E-state index in [-0.39, 0.29) is 23.2 Å². The van der Waals surface area contributed by atoms with Gasteiger partial charge in [-0.25, -0.2) is 14.2 Å². The summed E-state index contributed by atoms with van der Waals surface area (Å²) in [6.07, 6.45) is 3.65. The van der Waals surface area contributed by atoms with E-state index >= 15 is 0 Å². The number of rotatable bonds is 4. The van der Waals surface area contributed by atoms with Gasteiger partial charge in [-0.3, -0.25) is 0 Å². The molecule has 1 heterocycles. The van der Waals surface area contributed by atoms with Crippen LogP contribution >= 0.6 is 11.6 Å². The second kappa shape index (κ2) is 7.24. The Bertz CT molecular complexity index is 521. The molecule has 0 fully saturated rings. The fourth-order valence-corrected chi connectivity index (χ4v) is 1.66. The van der Waals surface area contributed by atoms with Gasteiger partial charge >= 0.3 is 5.97 Å². The number of carbonyl (C=O) groups is 1. The molecule has 0 saturated heterocycles. The molecule has 0 atom stereocenters. The van der Waals surface area contributed by atoms with E-state index in [2.05, 4.69) is 4.99 Å². The number of aliphatic imine (C=N–C) groups is 1. The number of allylic oxidation sites excluding steroid dienone is 2. The Hall–Kier alpha value is -1.62. The van der Waals surface area contributed by atoms with E-state index in [0.717, 1.165) is 12.0 Å². The maximum atomic E-state index is 13.3. The zero-order valence-electron chi connectivity index (χ0n) is 12.0. The molecule has 0 aromatic rings. The van der Waals surface area contributed by atoms with Crippen molar-refractivity contribution >= 4 is 22.7 Å². The van der Waals surface area contributed by atoms with E-state index in [1.54, 1.807) is 20.0 Å². The maximum Gasteiger partial charge on any atom is 0.341 e. The van der Waals surface area contributed by atoms with Crippen LogP contribution in [0.15, 0.2) is 40.1 Å². The van der Waals surface area contributed by atoms with Crippen LogP contribution in [-0.4, -0.2) is 29.7 Å². The number of hydrogen-bond acceptors (Lipinski definition) is 4. The van der Waals surface area contributed by atoms with Crippen LogP contribution < -0.4 is 0 Å². The largest absolute Gasteiger partial charge is 0.462 e. The normalized spacial score (nSPS) is 18.5. The molecule has 0 aliphatic carbocycles. The van der Waals surface area contributed by atoms with E-state index < -0.39 is 11.8 Å².